The van der Waals surface area contributed by atoms with E-state index in [2.05, 4.69) is 0 Å². The van der Waals surface area contributed by atoms with Crippen molar-refractivity contribution in [2.45, 2.75) is 0 Å². The predicted molar refractivity (Wildman–Crippen MR) is 41.9 cm³/mol. The molecule has 0 spiro atoms. The maximum absolute atomic E-state index is 8.81. The van der Waals surface area contributed by atoms with E-state index in [1.807, 2.05) is 0 Å². The summed E-state index contributed by atoms with van der Waals surface area (Å²) in [6, 6.07) is 0. The largest absolute Gasteiger partial charge is 0.265 e. The molecule has 0 radical (unpaired) electrons. The van der Waals surface area contributed by atoms with Crippen molar-refractivity contribution in [3.63, 3.8) is 0 Å². The molecule has 0 aromatic heterocycles. The van der Waals surface area contributed by atoms with E-state index in [0.717, 1.165) is 7.05 Å². The highest BCUT2D eigenvalue weighted by Gasteiger charge is 1.57. The molecule has 0 rings (SSSR count). The number of rotatable bonds is 0. The van der Waals surface area contributed by atoms with Gasteiger partial charge in [0, 0.05) is 4.92 Å². The van der Waals surface area contributed by atoms with Gasteiger partial charge in [0.2, 0.25) is 0 Å². The summed E-state index contributed by atoms with van der Waals surface area (Å²) >= 11 is 0. The zero-order chi connectivity index (χ0) is 3.58. The van der Waals surface area contributed by atoms with E-state index in [9.17, 15) is 0 Å². The topological polar surface area (TPSA) is 43.1 Å². The van der Waals surface area contributed by atoms with E-state index in [-0.39, 0.29) is 49.6 Å². The Morgan fingerprint density at radius 2 is 1.12 bits per heavy atom. The minimum Gasteiger partial charge on any atom is -0.265 e. The highest BCUT2D eigenvalue weighted by molar-refractivity contribution is 5.86. The summed E-state index contributed by atoms with van der Waals surface area (Å²) in [4.78, 5) is 8.31. The van der Waals surface area contributed by atoms with Crippen molar-refractivity contribution in [1.82, 2.24) is 0 Å². The molecule has 0 unspecified atom stereocenters. The highest BCUT2D eigenvalue weighted by Crippen LogP contribution is 1.39. The Hall–Kier alpha value is 0.560. The van der Waals surface area contributed by atoms with Gasteiger partial charge >= 0.3 is 0 Å². The van der Waals surface area contributed by atoms with Gasteiger partial charge in [-0.1, -0.05) is 0 Å². The van der Waals surface area contributed by atoms with Gasteiger partial charge in [-0.15, -0.1) is 49.6 Å². The van der Waals surface area contributed by atoms with Gasteiger partial charge in [0.05, 0.1) is 0 Å². The first-order valence-electron chi connectivity index (χ1n) is 0.812. The third-order valence-electron chi connectivity index (χ3n) is 0. The summed E-state index contributed by atoms with van der Waals surface area (Å²) < 4.78 is 0. The van der Waals surface area contributed by atoms with Gasteiger partial charge in [0.15, 0.2) is 7.05 Å². The molecule has 0 aliphatic rings. The van der Waals surface area contributed by atoms with Crippen molar-refractivity contribution >= 4 is 49.6 Å². The van der Waals surface area contributed by atoms with Gasteiger partial charge in [-0.2, -0.15) is 0 Å². The molecule has 0 atom stereocenters. The van der Waals surface area contributed by atoms with Gasteiger partial charge < -0.3 is 0 Å². The molecule has 0 heterocycles. The van der Waals surface area contributed by atoms with E-state index in [4.69, 9.17) is 10.1 Å². The fraction of sp³-hybridized carbons (Fsp3) is 1.00. The quantitative estimate of drug-likeness (QED) is 0.446. The first kappa shape index (κ1) is 38.6. The Balaban J connectivity index is -0.00000000750. The molecule has 0 amide bonds. The number of nitro groups is 1. The third kappa shape index (κ3) is 647. The predicted octanol–water partition coefficient (Wildman–Crippen LogP) is 1.58. The summed E-state index contributed by atoms with van der Waals surface area (Å²) in [6.45, 7) is 0. The maximum atomic E-state index is 8.81. The first-order valence-corrected chi connectivity index (χ1v) is 0.812. The van der Waals surface area contributed by atoms with Gasteiger partial charge in [0.25, 0.3) is 0 Å². The van der Waals surface area contributed by atoms with Gasteiger partial charge in [-0.3, -0.25) is 10.1 Å². The van der Waals surface area contributed by atoms with Crippen molar-refractivity contribution in [2.75, 3.05) is 7.05 Å². The summed E-state index contributed by atoms with van der Waals surface area (Å²) in [6.07, 6.45) is 0. The molecule has 0 aliphatic carbocycles. The molecule has 0 saturated carbocycles. The smallest absolute Gasteiger partial charge is 0.194 e. The number of halogens is 4. The van der Waals surface area contributed by atoms with E-state index >= 15 is 0 Å². The van der Waals surface area contributed by atoms with Crippen LogP contribution in [0, 0.1) is 10.1 Å². The van der Waals surface area contributed by atoms with Crippen molar-refractivity contribution in [2.24, 2.45) is 0 Å². The minimum atomic E-state index is -0.500. The molecular formula is CH7Cl4NO2. The molecule has 0 aliphatic heterocycles. The lowest BCUT2D eigenvalue weighted by Gasteiger charge is -1.63. The zero-order valence-electron chi connectivity index (χ0n) is 3.90. The average Bonchev–Trinajstić information content (AvgIpc) is 0.811. The van der Waals surface area contributed by atoms with Crippen molar-refractivity contribution in [3.8, 4) is 0 Å². The van der Waals surface area contributed by atoms with Crippen LogP contribution < -0.4 is 0 Å². The molecule has 8 heavy (non-hydrogen) atoms. The lowest BCUT2D eigenvalue weighted by atomic mass is 11.5. The van der Waals surface area contributed by atoms with E-state index in [1.54, 1.807) is 0 Å². The molecule has 0 saturated heterocycles. The Morgan fingerprint density at radius 1 is 1.12 bits per heavy atom. The Labute approximate surface area is 72.0 Å². The summed E-state index contributed by atoms with van der Waals surface area (Å²) in [7, 11) is 0.889. The number of hydrogen-bond donors (Lipinski definition) is 0. The van der Waals surface area contributed by atoms with E-state index < -0.39 is 4.92 Å². The van der Waals surface area contributed by atoms with Crippen molar-refractivity contribution < 1.29 is 4.92 Å². The van der Waals surface area contributed by atoms with Crippen LogP contribution in [0.5, 0.6) is 0 Å². The zero-order valence-corrected chi connectivity index (χ0v) is 7.16. The first-order chi connectivity index (χ1) is 1.73. The number of nitrogens with zero attached hydrogens (tertiary/aromatic N) is 1. The van der Waals surface area contributed by atoms with Gasteiger partial charge in [-0.05, 0) is 0 Å². The highest BCUT2D eigenvalue weighted by atomic mass is 35.5. The molecule has 0 fully saturated rings. The maximum Gasteiger partial charge on any atom is 0.194 e. The standard InChI is InChI=1S/CH3NO2.4ClH/c1-2(3)4;;;;/h1H3;4*1H. The van der Waals surface area contributed by atoms with Crippen molar-refractivity contribution in [3.05, 3.63) is 10.1 Å². The summed E-state index contributed by atoms with van der Waals surface area (Å²) in [5, 5.41) is 8.81. The molecule has 0 aromatic rings. The second kappa shape index (κ2) is 25.7. The molecule has 0 bridgehead atoms. The molecule has 0 N–H and O–H groups in total. The van der Waals surface area contributed by atoms with Crippen LogP contribution in [0.15, 0.2) is 0 Å². The minimum absolute atomic E-state index is 0. The normalized spacial score (nSPS) is 3.12. The third-order valence-corrected chi connectivity index (χ3v) is 0. The van der Waals surface area contributed by atoms with Crippen LogP contribution in [0.2, 0.25) is 0 Å². The van der Waals surface area contributed by atoms with Crippen LogP contribution in [0.1, 0.15) is 0 Å². The van der Waals surface area contributed by atoms with Gasteiger partial charge in [-0.25, -0.2) is 0 Å². The summed E-state index contributed by atoms with van der Waals surface area (Å²) in [5.41, 5.74) is 0. The summed E-state index contributed by atoms with van der Waals surface area (Å²) in [5.74, 6) is 0. The van der Waals surface area contributed by atoms with E-state index in [1.165, 1.54) is 0 Å². The molecule has 3 nitrogen and oxygen atoms in total. The molecular weight excluding hydrogens is 200 g/mol. The average molecular weight is 207 g/mol. The Bertz CT molecular complexity index is 37.0. The van der Waals surface area contributed by atoms with Gasteiger partial charge in [0.1, 0.15) is 0 Å². The van der Waals surface area contributed by atoms with Crippen LogP contribution in [0.4, 0.5) is 0 Å². The van der Waals surface area contributed by atoms with Crippen LogP contribution in [-0.2, 0) is 0 Å². The second-order valence-electron chi connectivity index (χ2n) is 0.440. The fourth-order valence-corrected chi connectivity index (χ4v) is 0. The molecule has 0 aromatic carbocycles. The van der Waals surface area contributed by atoms with Crippen LogP contribution in [0.3, 0.4) is 0 Å². The SMILES string of the molecule is C[N+](=O)[O-].Cl.Cl.Cl.Cl. The number of hydrogen-bond acceptors (Lipinski definition) is 2. The second-order valence-corrected chi connectivity index (χ2v) is 0.440. The van der Waals surface area contributed by atoms with Crippen LogP contribution in [0.25, 0.3) is 0 Å². The monoisotopic (exact) mass is 205 g/mol. The Morgan fingerprint density at radius 3 is 1.12 bits per heavy atom. The van der Waals surface area contributed by atoms with E-state index in [0.29, 0.717) is 0 Å². The fourth-order valence-electron chi connectivity index (χ4n) is 0. The van der Waals surface area contributed by atoms with Crippen LogP contribution >= 0.6 is 49.6 Å². The molecule has 7 heteroatoms. The van der Waals surface area contributed by atoms with Crippen molar-refractivity contribution in [1.29, 1.82) is 0 Å². The lowest BCUT2D eigenvalue weighted by molar-refractivity contribution is -0.445. The Kier molecular flexibility index (Phi) is 124. The van der Waals surface area contributed by atoms with Crippen LogP contribution in [-0.4, -0.2) is 12.0 Å². The molecule has 56 valence electrons. The lowest BCUT2D eigenvalue weighted by Crippen LogP contribution is -1.79.